The van der Waals surface area contributed by atoms with Crippen LogP contribution in [0.2, 0.25) is 0 Å². The van der Waals surface area contributed by atoms with Gasteiger partial charge in [0.25, 0.3) is 0 Å². The Morgan fingerprint density at radius 2 is 1.92 bits per heavy atom. The maximum atomic E-state index is 12.8. The van der Waals surface area contributed by atoms with Crippen LogP contribution in [-0.2, 0) is 11.2 Å². The van der Waals surface area contributed by atoms with Crippen LogP contribution >= 0.6 is 12.4 Å². The summed E-state index contributed by atoms with van der Waals surface area (Å²) in [6.07, 6.45) is 2.41. The molecule has 3 nitrogen and oxygen atoms in total. The van der Waals surface area contributed by atoms with Crippen LogP contribution in [0.4, 0.5) is 5.69 Å². The van der Waals surface area contributed by atoms with Crippen molar-refractivity contribution in [2.75, 3.05) is 11.4 Å². The highest BCUT2D eigenvalue weighted by Crippen LogP contribution is 2.32. The van der Waals surface area contributed by atoms with Crippen molar-refractivity contribution in [3.8, 4) is 0 Å². The van der Waals surface area contributed by atoms with Crippen LogP contribution in [-0.4, -0.2) is 12.5 Å². The Kier molecular flexibility index (Phi) is 6.03. The first-order chi connectivity index (χ1) is 11.1. The van der Waals surface area contributed by atoms with Crippen LogP contribution in [0.3, 0.4) is 0 Å². The van der Waals surface area contributed by atoms with Crippen LogP contribution in [0.25, 0.3) is 0 Å². The van der Waals surface area contributed by atoms with Gasteiger partial charge in [0.1, 0.15) is 0 Å². The quantitative estimate of drug-likeness (QED) is 0.911. The van der Waals surface area contributed by atoms with E-state index in [1.807, 2.05) is 35.2 Å². The zero-order valence-corrected chi connectivity index (χ0v) is 15.1. The number of hydrogen-bond donors (Lipinski definition) is 1. The molecule has 0 aromatic heterocycles. The Hall–Kier alpha value is -1.84. The van der Waals surface area contributed by atoms with Gasteiger partial charge in [-0.1, -0.05) is 36.4 Å². The van der Waals surface area contributed by atoms with Crippen LogP contribution in [0.15, 0.2) is 42.5 Å². The van der Waals surface area contributed by atoms with Gasteiger partial charge in [-0.05, 0) is 55.0 Å². The van der Waals surface area contributed by atoms with E-state index in [9.17, 15) is 4.79 Å². The highest BCUT2D eigenvalue weighted by Gasteiger charge is 2.25. The third-order valence-corrected chi connectivity index (χ3v) is 4.62. The summed E-state index contributed by atoms with van der Waals surface area (Å²) in [6, 6.07) is 13.9. The van der Waals surface area contributed by atoms with E-state index in [2.05, 4.69) is 26.0 Å². The van der Waals surface area contributed by atoms with Crippen molar-refractivity contribution in [2.24, 2.45) is 5.73 Å². The summed E-state index contributed by atoms with van der Waals surface area (Å²) in [5, 5.41) is 0. The first-order valence-corrected chi connectivity index (χ1v) is 8.27. The molecule has 0 aliphatic carbocycles. The van der Waals surface area contributed by atoms with E-state index in [4.69, 9.17) is 5.73 Å². The molecule has 24 heavy (non-hydrogen) atoms. The third-order valence-electron chi connectivity index (χ3n) is 4.62. The number of halogens is 1. The number of fused-ring (bicyclic) bond motifs is 1. The average Bonchev–Trinajstić information content (AvgIpc) is 2.55. The normalized spacial score (nSPS) is 14.5. The number of anilines is 1. The number of nitrogens with two attached hydrogens (primary N) is 1. The maximum absolute atomic E-state index is 12.8. The van der Waals surface area contributed by atoms with Gasteiger partial charge >= 0.3 is 0 Å². The second-order valence-corrected chi connectivity index (χ2v) is 6.45. The lowest BCUT2D eigenvalue weighted by Gasteiger charge is -2.32. The minimum atomic E-state index is -0.250. The number of carbonyl (C=O) groups excluding carboxylic acids is 1. The Morgan fingerprint density at radius 3 is 2.62 bits per heavy atom. The van der Waals surface area contributed by atoms with E-state index in [0.717, 1.165) is 30.6 Å². The lowest BCUT2D eigenvalue weighted by atomic mass is 9.94. The summed E-state index contributed by atoms with van der Waals surface area (Å²) in [6.45, 7) is 5.01. The number of rotatable bonds is 3. The molecule has 1 atom stereocenters. The van der Waals surface area contributed by atoms with Crippen molar-refractivity contribution in [1.29, 1.82) is 0 Å². The SMILES string of the molecule is Cc1cc(C)c2c(c1)N(C(=O)CC(N)c1ccccc1)CCC2.Cl. The lowest BCUT2D eigenvalue weighted by Crippen LogP contribution is -2.37. The molecular weight excluding hydrogens is 320 g/mol. The second-order valence-electron chi connectivity index (χ2n) is 6.45. The fraction of sp³-hybridized carbons (Fsp3) is 0.350. The molecule has 0 bridgehead atoms. The molecule has 1 unspecified atom stereocenters. The van der Waals surface area contributed by atoms with E-state index in [0.29, 0.717) is 6.42 Å². The average molecular weight is 345 g/mol. The van der Waals surface area contributed by atoms with Crippen LogP contribution in [0, 0.1) is 13.8 Å². The Balaban J connectivity index is 0.00000208. The number of aryl methyl sites for hydroxylation is 2. The van der Waals surface area contributed by atoms with Gasteiger partial charge in [-0.15, -0.1) is 12.4 Å². The molecule has 0 radical (unpaired) electrons. The largest absolute Gasteiger partial charge is 0.324 e. The topological polar surface area (TPSA) is 46.3 Å². The summed E-state index contributed by atoms with van der Waals surface area (Å²) in [4.78, 5) is 14.7. The molecule has 0 spiro atoms. The minimum absolute atomic E-state index is 0. The molecule has 2 aromatic rings. The first-order valence-electron chi connectivity index (χ1n) is 8.27. The molecule has 4 heteroatoms. The Bertz CT molecular complexity index is 715. The van der Waals surface area contributed by atoms with Crippen molar-refractivity contribution >= 4 is 24.0 Å². The van der Waals surface area contributed by atoms with E-state index in [1.54, 1.807) is 0 Å². The van der Waals surface area contributed by atoms with E-state index in [-0.39, 0.29) is 24.4 Å². The van der Waals surface area contributed by atoms with Gasteiger partial charge < -0.3 is 10.6 Å². The van der Waals surface area contributed by atoms with E-state index < -0.39 is 0 Å². The fourth-order valence-electron chi connectivity index (χ4n) is 3.45. The van der Waals surface area contributed by atoms with Crippen LogP contribution in [0.5, 0.6) is 0 Å². The number of hydrogen-bond acceptors (Lipinski definition) is 2. The van der Waals surface area contributed by atoms with Gasteiger partial charge in [-0.25, -0.2) is 0 Å². The third kappa shape index (κ3) is 3.80. The number of nitrogens with zero attached hydrogens (tertiary/aromatic N) is 1. The van der Waals surface area contributed by atoms with Gasteiger partial charge in [0, 0.05) is 24.7 Å². The number of amides is 1. The highest BCUT2D eigenvalue weighted by atomic mass is 35.5. The number of carbonyl (C=O) groups is 1. The zero-order chi connectivity index (χ0) is 16.4. The fourth-order valence-corrected chi connectivity index (χ4v) is 3.45. The van der Waals surface area contributed by atoms with Gasteiger partial charge in [-0.2, -0.15) is 0 Å². The smallest absolute Gasteiger partial charge is 0.228 e. The highest BCUT2D eigenvalue weighted by molar-refractivity contribution is 5.95. The molecule has 1 amide bonds. The predicted molar refractivity (Wildman–Crippen MR) is 102 cm³/mol. The predicted octanol–water partition coefficient (Wildman–Crippen LogP) is 4.09. The maximum Gasteiger partial charge on any atom is 0.228 e. The summed E-state index contributed by atoms with van der Waals surface area (Å²) in [5.74, 6) is 0.118. The Labute approximate surface area is 150 Å². The minimum Gasteiger partial charge on any atom is -0.324 e. The van der Waals surface area contributed by atoms with Gasteiger partial charge in [0.15, 0.2) is 0 Å². The van der Waals surface area contributed by atoms with Crippen molar-refractivity contribution in [1.82, 2.24) is 0 Å². The first kappa shape index (κ1) is 18.5. The van der Waals surface area contributed by atoms with Crippen LogP contribution < -0.4 is 10.6 Å². The molecule has 1 aliphatic heterocycles. The lowest BCUT2D eigenvalue weighted by molar-refractivity contribution is -0.119. The monoisotopic (exact) mass is 344 g/mol. The summed E-state index contributed by atoms with van der Waals surface area (Å²) in [7, 11) is 0. The van der Waals surface area contributed by atoms with E-state index >= 15 is 0 Å². The molecule has 1 aliphatic rings. The Morgan fingerprint density at radius 1 is 1.21 bits per heavy atom. The van der Waals surface area contributed by atoms with Crippen molar-refractivity contribution in [2.45, 2.75) is 39.2 Å². The molecule has 2 aromatic carbocycles. The zero-order valence-electron chi connectivity index (χ0n) is 14.3. The van der Waals surface area contributed by atoms with Gasteiger partial charge in [0.05, 0.1) is 0 Å². The summed E-state index contributed by atoms with van der Waals surface area (Å²) >= 11 is 0. The second kappa shape index (κ2) is 7.82. The van der Waals surface area contributed by atoms with Crippen molar-refractivity contribution in [3.05, 3.63) is 64.7 Å². The standard InChI is InChI=1S/C20H24N2O.ClH/c1-14-11-15(2)17-9-6-10-22(19(17)12-14)20(23)13-18(21)16-7-4-3-5-8-16;/h3-5,7-8,11-12,18H,6,9-10,13,21H2,1-2H3;1H. The number of benzene rings is 2. The molecule has 0 fully saturated rings. The molecule has 3 rings (SSSR count). The molecule has 128 valence electrons. The summed E-state index contributed by atoms with van der Waals surface area (Å²) in [5.41, 5.74) is 12.1. The molecule has 0 saturated heterocycles. The van der Waals surface area contributed by atoms with Crippen molar-refractivity contribution < 1.29 is 4.79 Å². The van der Waals surface area contributed by atoms with Crippen molar-refractivity contribution in [3.63, 3.8) is 0 Å². The van der Waals surface area contributed by atoms with Gasteiger partial charge in [0.2, 0.25) is 5.91 Å². The molecule has 2 N–H and O–H groups in total. The van der Waals surface area contributed by atoms with Gasteiger partial charge in [-0.3, -0.25) is 4.79 Å². The summed E-state index contributed by atoms with van der Waals surface area (Å²) < 4.78 is 0. The molecule has 1 heterocycles. The molecule has 0 saturated carbocycles. The van der Waals surface area contributed by atoms with E-state index in [1.165, 1.54) is 16.7 Å². The molecular formula is C20H25ClN2O. The van der Waals surface area contributed by atoms with Crippen LogP contribution in [0.1, 0.15) is 41.1 Å².